The molecule has 1 aliphatic heterocycles. The maximum absolute atomic E-state index is 5.26. The van der Waals surface area contributed by atoms with E-state index >= 15 is 0 Å². The van der Waals surface area contributed by atoms with Crippen LogP contribution in [0.25, 0.3) is 0 Å². The molecule has 1 heterocycles. The molecule has 0 amide bonds. The summed E-state index contributed by atoms with van der Waals surface area (Å²) in [5.74, 6) is 3.80. The van der Waals surface area contributed by atoms with E-state index < -0.39 is 0 Å². The summed E-state index contributed by atoms with van der Waals surface area (Å²) < 4.78 is 5.26. The van der Waals surface area contributed by atoms with Crippen molar-refractivity contribution in [2.75, 3.05) is 43.6 Å². The summed E-state index contributed by atoms with van der Waals surface area (Å²) in [6.45, 7) is 5.48. The van der Waals surface area contributed by atoms with Crippen LogP contribution in [0.4, 0.5) is 0 Å². The van der Waals surface area contributed by atoms with Crippen molar-refractivity contribution in [3.63, 3.8) is 0 Å². The Kier molecular flexibility index (Phi) is 9.33. The van der Waals surface area contributed by atoms with Crippen molar-refractivity contribution in [1.82, 2.24) is 10.6 Å². The second-order valence-electron chi connectivity index (χ2n) is 3.75. The molecular formula is C11H22N2OS3. The molecule has 6 heteroatoms. The zero-order chi connectivity index (χ0) is 12.3. The second kappa shape index (κ2) is 10.3. The van der Waals surface area contributed by atoms with Gasteiger partial charge in [0, 0.05) is 48.8 Å². The molecule has 1 rings (SSSR count). The van der Waals surface area contributed by atoms with Gasteiger partial charge < -0.3 is 15.4 Å². The smallest absolute Gasteiger partial charge is 0.166 e. The molecule has 2 N–H and O–H groups in total. The van der Waals surface area contributed by atoms with Gasteiger partial charge >= 0.3 is 0 Å². The molecule has 0 aliphatic carbocycles. The summed E-state index contributed by atoms with van der Waals surface area (Å²) in [5, 5.41) is 7.98. The van der Waals surface area contributed by atoms with Gasteiger partial charge in [0.1, 0.15) is 0 Å². The van der Waals surface area contributed by atoms with Crippen molar-refractivity contribution in [2.45, 2.75) is 18.6 Å². The van der Waals surface area contributed by atoms with Gasteiger partial charge in [-0.2, -0.15) is 23.5 Å². The molecule has 1 atom stereocenters. The van der Waals surface area contributed by atoms with Gasteiger partial charge in [0.15, 0.2) is 5.11 Å². The van der Waals surface area contributed by atoms with E-state index in [9.17, 15) is 0 Å². The predicted molar refractivity (Wildman–Crippen MR) is 83.3 cm³/mol. The topological polar surface area (TPSA) is 33.3 Å². The van der Waals surface area contributed by atoms with Gasteiger partial charge in [0.25, 0.3) is 0 Å². The highest BCUT2D eigenvalue weighted by Crippen LogP contribution is 2.23. The Morgan fingerprint density at radius 3 is 3.00 bits per heavy atom. The van der Waals surface area contributed by atoms with Crippen LogP contribution in [0.1, 0.15) is 13.3 Å². The Hall–Kier alpha value is 0.350. The van der Waals surface area contributed by atoms with Crippen LogP contribution in [-0.2, 0) is 4.74 Å². The van der Waals surface area contributed by atoms with Crippen LogP contribution < -0.4 is 10.6 Å². The zero-order valence-corrected chi connectivity index (χ0v) is 12.8. The minimum absolute atomic E-state index is 0.705. The van der Waals surface area contributed by atoms with Crippen molar-refractivity contribution < 1.29 is 4.74 Å². The van der Waals surface area contributed by atoms with E-state index in [1.54, 1.807) is 0 Å². The van der Waals surface area contributed by atoms with Crippen molar-refractivity contribution in [1.29, 1.82) is 0 Å². The third kappa shape index (κ3) is 8.13. The Morgan fingerprint density at radius 1 is 1.41 bits per heavy atom. The average Bonchev–Trinajstić information content (AvgIpc) is 2.37. The highest BCUT2D eigenvalue weighted by molar-refractivity contribution is 8.06. The number of hydrogen-bond donors (Lipinski definition) is 2. The molecule has 0 saturated carbocycles. The minimum atomic E-state index is 0.705. The predicted octanol–water partition coefficient (Wildman–Crippen LogP) is 1.73. The van der Waals surface area contributed by atoms with E-state index in [1.165, 1.54) is 17.3 Å². The highest BCUT2D eigenvalue weighted by atomic mass is 32.2. The van der Waals surface area contributed by atoms with Crippen molar-refractivity contribution >= 4 is 40.9 Å². The number of nitrogens with one attached hydrogen (secondary N) is 2. The van der Waals surface area contributed by atoms with Crippen LogP contribution in [-0.4, -0.2) is 53.9 Å². The molecule has 0 radical (unpaired) electrons. The first-order chi connectivity index (χ1) is 8.33. The normalized spacial score (nSPS) is 19.9. The lowest BCUT2D eigenvalue weighted by molar-refractivity contribution is 0.145. The molecule has 0 aromatic carbocycles. The molecule has 1 saturated heterocycles. The van der Waals surface area contributed by atoms with E-state index in [4.69, 9.17) is 17.0 Å². The van der Waals surface area contributed by atoms with Crippen molar-refractivity contribution in [2.24, 2.45) is 0 Å². The molecule has 1 fully saturated rings. The summed E-state index contributed by atoms with van der Waals surface area (Å²) in [6.07, 6.45) is 1.00. The molecule has 0 bridgehead atoms. The fourth-order valence-electron chi connectivity index (χ4n) is 1.44. The first-order valence-corrected chi connectivity index (χ1v) is 8.73. The summed E-state index contributed by atoms with van der Waals surface area (Å²) in [5.41, 5.74) is 0. The van der Waals surface area contributed by atoms with Crippen LogP contribution >= 0.6 is 35.7 Å². The standard InChI is InChI=1S/C11H22N2OS3/c1-2-14-5-3-4-12-11(15)13-8-10-9-16-6-7-17-10/h10H,2-9H2,1H3,(H2,12,13,15). The lowest BCUT2D eigenvalue weighted by Gasteiger charge is -2.22. The number of thiocarbonyl (C=S) groups is 1. The Balaban J connectivity index is 1.93. The first kappa shape index (κ1) is 15.4. The molecule has 0 spiro atoms. The maximum Gasteiger partial charge on any atom is 0.166 e. The van der Waals surface area contributed by atoms with E-state index in [0.717, 1.165) is 37.8 Å². The monoisotopic (exact) mass is 294 g/mol. The van der Waals surface area contributed by atoms with Gasteiger partial charge in [-0.15, -0.1) is 0 Å². The van der Waals surface area contributed by atoms with Gasteiger partial charge in [-0.3, -0.25) is 0 Å². The lowest BCUT2D eigenvalue weighted by Crippen LogP contribution is -2.40. The Labute approximate surface area is 118 Å². The van der Waals surface area contributed by atoms with Crippen LogP contribution in [0.5, 0.6) is 0 Å². The first-order valence-electron chi connectivity index (χ1n) is 6.11. The zero-order valence-electron chi connectivity index (χ0n) is 10.4. The molecule has 3 nitrogen and oxygen atoms in total. The van der Waals surface area contributed by atoms with Gasteiger partial charge in [-0.1, -0.05) is 0 Å². The number of hydrogen-bond acceptors (Lipinski definition) is 4. The highest BCUT2D eigenvalue weighted by Gasteiger charge is 2.13. The molecule has 0 aromatic rings. The van der Waals surface area contributed by atoms with Crippen molar-refractivity contribution in [3.05, 3.63) is 0 Å². The third-order valence-electron chi connectivity index (χ3n) is 2.33. The lowest BCUT2D eigenvalue weighted by atomic mass is 10.4. The van der Waals surface area contributed by atoms with Gasteiger partial charge in [-0.25, -0.2) is 0 Å². The summed E-state index contributed by atoms with van der Waals surface area (Å²) in [4.78, 5) is 0. The summed E-state index contributed by atoms with van der Waals surface area (Å²) in [6, 6.07) is 0. The summed E-state index contributed by atoms with van der Waals surface area (Å²) >= 11 is 9.31. The SMILES string of the molecule is CCOCCCNC(=S)NCC1CSCCS1. The molecular weight excluding hydrogens is 272 g/mol. The quantitative estimate of drug-likeness (QED) is 0.550. The van der Waals surface area contributed by atoms with Crippen LogP contribution in [0.2, 0.25) is 0 Å². The fraction of sp³-hybridized carbons (Fsp3) is 0.909. The number of ether oxygens (including phenoxy) is 1. The molecule has 1 aliphatic rings. The number of rotatable bonds is 7. The maximum atomic E-state index is 5.26. The van der Waals surface area contributed by atoms with E-state index in [1.807, 2.05) is 30.4 Å². The van der Waals surface area contributed by atoms with E-state index in [-0.39, 0.29) is 0 Å². The Bertz CT molecular complexity index is 211. The summed E-state index contributed by atoms with van der Waals surface area (Å²) in [7, 11) is 0. The Morgan fingerprint density at radius 2 is 2.29 bits per heavy atom. The van der Waals surface area contributed by atoms with E-state index in [2.05, 4.69) is 10.6 Å². The fourth-order valence-corrected chi connectivity index (χ4v) is 4.24. The molecule has 0 aromatic heterocycles. The van der Waals surface area contributed by atoms with Gasteiger partial charge in [0.05, 0.1) is 0 Å². The molecule has 17 heavy (non-hydrogen) atoms. The minimum Gasteiger partial charge on any atom is -0.382 e. The third-order valence-corrected chi connectivity index (χ3v) is 5.46. The van der Waals surface area contributed by atoms with Crippen LogP contribution in [0, 0.1) is 0 Å². The largest absolute Gasteiger partial charge is 0.382 e. The van der Waals surface area contributed by atoms with Crippen LogP contribution in [0.15, 0.2) is 0 Å². The molecule has 100 valence electrons. The van der Waals surface area contributed by atoms with Gasteiger partial charge in [-0.05, 0) is 25.6 Å². The van der Waals surface area contributed by atoms with Gasteiger partial charge in [0.2, 0.25) is 0 Å². The van der Waals surface area contributed by atoms with Crippen molar-refractivity contribution in [3.8, 4) is 0 Å². The average molecular weight is 295 g/mol. The van der Waals surface area contributed by atoms with E-state index in [0.29, 0.717) is 5.25 Å². The van der Waals surface area contributed by atoms with Crippen LogP contribution in [0.3, 0.4) is 0 Å². The second-order valence-corrected chi connectivity index (χ2v) is 6.72. The number of thioether (sulfide) groups is 2. The molecule has 1 unspecified atom stereocenters.